The Hall–Kier alpha value is -4.52. The Balaban J connectivity index is 1.17. The first-order chi connectivity index (χ1) is 27.1. The van der Waals surface area contributed by atoms with E-state index >= 15 is 4.79 Å². The minimum absolute atomic E-state index is 0.0266. The molecule has 10 nitrogen and oxygen atoms in total. The average Bonchev–Trinajstić information content (AvgIpc) is 3.63. The number of nitrogens with one attached hydrogen (secondary N) is 1. The number of hydrogen-bond donors (Lipinski definition) is 3. The second-order valence-electron chi connectivity index (χ2n) is 15.8. The van der Waals surface area contributed by atoms with Crippen LogP contribution in [0.5, 0.6) is 11.5 Å². The predicted octanol–water partition coefficient (Wildman–Crippen LogP) is 6.19. The lowest BCUT2D eigenvalue weighted by Crippen LogP contribution is -2.51. The number of para-hydroxylation sites is 1. The van der Waals surface area contributed by atoms with Crippen molar-refractivity contribution >= 4 is 42.1 Å². The molecule has 4 aromatic carbocycles. The molecule has 296 valence electrons. The molecular formula is C45H55N3O7Si. The number of anilines is 3. The Morgan fingerprint density at radius 1 is 0.911 bits per heavy atom. The van der Waals surface area contributed by atoms with E-state index in [2.05, 4.69) is 37.5 Å². The van der Waals surface area contributed by atoms with Gasteiger partial charge in [-0.2, -0.15) is 0 Å². The molecule has 4 aromatic rings. The molecule has 0 aliphatic carbocycles. The first kappa shape index (κ1) is 39.7. The van der Waals surface area contributed by atoms with Gasteiger partial charge >= 0.3 is 0 Å². The molecule has 3 N–H and O–H groups in total. The van der Waals surface area contributed by atoms with Gasteiger partial charge in [-0.05, 0) is 104 Å². The van der Waals surface area contributed by atoms with E-state index in [-0.39, 0.29) is 42.6 Å². The van der Waals surface area contributed by atoms with Crippen LogP contribution in [0.4, 0.5) is 17.1 Å². The van der Waals surface area contributed by atoms with E-state index in [1.165, 1.54) is 5.19 Å². The molecule has 1 spiro atoms. The number of rotatable bonds is 15. The average molecular weight is 778 g/mol. The highest BCUT2D eigenvalue weighted by molar-refractivity contribution is 6.91. The summed E-state index contributed by atoms with van der Waals surface area (Å²) >= 11 is 0. The number of carbonyl (C=O) groups is 2. The van der Waals surface area contributed by atoms with E-state index in [0.717, 1.165) is 51.7 Å². The van der Waals surface area contributed by atoms with Crippen molar-refractivity contribution in [3.8, 4) is 11.5 Å². The van der Waals surface area contributed by atoms with Gasteiger partial charge in [0.05, 0.1) is 51.9 Å². The molecule has 1 fully saturated rings. The Kier molecular flexibility index (Phi) is 11.7. The molecule has 0 aromatic heterocycles. The van der Waals surface area contributed by atoms with Gasteiger partial charge in [0.15, 0.2) is 5.60 Å². The molecule has 1 saturated heterocycles. The molecule has 3 aliphatic rings. The molecule has 5 atom stereocenters. The first-order valence-corrected chi connectivity index (χ1v) is 23.0. The van der Waals surface area contributed by atoms with Gasteiger partial charge in [-0.3, -0.25) is 14.5 Å². The summed E-state index contributed by atoms with van der Waals surface area (Å²) in [6.07, 6.45) is 2.15. The zero-order valence-electron chi connectivity index (χ0n) is 33.2. The van der Waals surface area contributed by atoms with Crippen LogP contribution in [-0.4, -0.2) is 75.7 Å². The molecule has 0 bridgehead atoms. The number of amides is 2. The molecule has 11 heteroatoms. The van der Waals surface area contributed by atoms with E-state index in [0.29, 0.717) is 39.0 Å². The normalized spacial score (nSPS) is 23.1. The number of aliphatic hydroxyl groups excluding tert-OH is 2. The van der Waals surface area contributed by atoms with Crippen molar-refractivity contribution in [1.29, 1.82) is 0 Å². The monoisotopic (exact) mass is 777 g/mol. The van der Waals surface area contributed by atoms with Crippen molar-refractivity contribution < 1.29 is 34.0 Å². The van der Waals surface area contributed by atoms with Crippen molar-refractivity contribution in [2.75, 3.05) is 43.3 Å². The van der Waals surface area contributed by atoms with Crippen LogP contribution in [0.25, 0.3) is 0 Å². The Labute approximate surface area is 331 Å². The fourth-order valence-corrected chi connectivity index (χ4v) is 13.5. The molecule has 3 heterocycles. The molecule has 1 unspecified atom stereocenters. The maximum Gasteiger partial charge on any atom is 0.264 e. The molecule has 0 saturated carbocycles. The quantitative estimate of drug-likeness (QED) is 0.0967. The van der Waals surface area contributed by atoms with Gasteiger partial charge < -0.3 is 34.6 Å². The van der Waals surface area contributed by atoms with Gasteiger partial charge in [0, 0.05) is 30.4 Å². The molecule has 0 radical (unpaired) electrons. The predicted molar refractivity (Wildman–Crippen MR) is 222 cm³/mol. The molecular weight excluding hydrogens is 723 g/mol. The number of aliphatic hydroxyl groups is 2. The number of ether oxygens (including phenoxy) is 3. The zero-order chi connectivity index (χ0) is 39.6. The smallest absolute Gasteiger partial charge is 0.264 e. The number of unbranched alkanes of at least 4 members (excludes halogenated alkanes) is 1. The second-order valence-corrected chi connectivity index (χ2v) is 20.5. The maximum absolute atomic E-state index is 15.0. The SMILES string of the molecule is CCOc1ccc2c(c1)CC(NCCCCO)C(=O)N2c1ccc(CN2C(=O)[C@@]3(O[C@@H](CCO)[C@H]([Si](C)(C)c4ccc(OC)cc4)[C@H]3C)c3ccccc32)cc1. The third-order valence-electron chi connectivity index (χ3n) is 12.2. The number of methoxy groups -OCH3 is 1. The largest absolute Gasteiger partial charge is 0.497 e. The summed E-state index contributed by atoms with van der Waals surface area (Å²) in [6.45, 7) is 10.4. The van der Waals surface area contributed by atoms with E-state index < -0.39 is 19.7 Å². The second kappa shape index (κ2) is 16.5. The van der Waals surface area contributed by atoms with Gasteiger partial charge in [-0.1, -0.05) is 67.7 Å². The number of nitrogens with zero attached hydrogens (tertiary/aromatic N) is 2. The van der Waals surface area contributed by atoms with Crippen LogP contribution in [0.15, 0.2) is 91.0 Å². The summed E-state index contributed by atoms with van der Waals surface area (Å²) in [7, 11) is -0.614. The van der Waals surface area contributed by atoms with Gasteiger partial charge in [-0.25, -0.2) is 0 Å². The maximum atomic E-state index is 15.0. The van der Waals surface area contributed by atoms with Crippen LogP contribution in [0.1, 0.15) is 49.8 Å². The fourth-order valence-electron chi connectivity index (χ4n) is 9.48. The Morgan fingerprint density at radius 3 is 2.34 bits per heavy atom. The van der Waals surface area contributed by atoms with Crippen molar-refractivity contribution in [3.63, 3.8) is 0 Å². The van der Waals surface area contributed by atoms with E-state index in [4.69, 9.17) is 14.2 Å². The van der Waals surface area contributed by atoms with Crippen LogP contribution in [0.2, 0.25) is 18.6 Å². The minimum atomic E-state index is -2.28. The summed E-state index contributed by atoms with van der Waals surface area (Å²) in [4.78, 5) is 32.7. The lowest BCUT2D eigenvalue weighted by atomic mass is 9.82. The van der Waals surface area contributed by atoms with Crippen molar-refractivity contribution in [2.24, 2.45) is 5.92 Å². The van der Waals surface area contributed by atoms with E-state index in [9.17, 15) is 15.0 Å². The molecule has 3 aliphatic heterocycles. The van der Waals surface area contributed by atoms with E-state index in [1.54, 1.807) is 12.0 Å². The summed E-state index contributed by atoms with van der Waals surface area (Å²) in [5, 5.41) is 24.2. The summed E-state index contributed by atoms with van der Waals surface area (Å²) in [6, 6.07) is 29.6. The van der Waals surface area contributed by atoms with Gasteiger partial charge in [0.1, 0.15) is 11.5 Å². The number of carbonyl (C=O) groups excluding carboxylic acids is 2. The van der Waals surface area contributed by atoms with Gasteiger partial charge in [0.25, 0.3) is 5.91 Å². The highest BCUT2D eigenvalue weighted by atomic mass is 28.3. The third-order valence-corrected chi connectivity index (χ3v) is 16.6. The molecule has 7 rings (SSSR count). The van der Waals surface area contributed by atoms with E-state index in [1.807, 2.05) is 90.7 Å². The molecule has 2 amide bonds. The summed E-state index contributed by atoms with van der Waals surface area (Å²) in [5.41, 5.74) is 4.09. The first-order valence-electron chi connectivity index (χ1n) is 20.0. The van der Waals surface area contributed by atoms with Crippen LogP contribution in [0.3, 0.4) is 0 Å². The van der Waals surface area contributed by atoms with Crippen LogP contribution in [0, 0.1) is 5.92 Å². The Morgan fingerprint density at radius 2 is 1.64 bits per heavy atom. The van der Waals surface area contributed by atoms with Crippen LogP contribution < -0.4 is 29.8 Å². The topological polar surface area (TPSA) is 121 Å². The standard InChI is InChI=1S/C45H55N3O7Si/c1-6-54-35-19-22-39-32(27-35)28-38(46-24-9-10-25-49)43(51)48(39)33-15-13-31(14-16-33)29-47-40-12-8-7-11-37(40)45(44(47)52)30(2)42(41(55-45)23-26-50)56(4,5)36-20-17-34(53-3)18-21-36/h7-8,11-22,27,30,38,41-42,46,49-50H,6,9-10,23-26,28-29H2,1-5H3/t30-,38?,41+,42-,45+/m1/s1. The van der Waals surface area contributed by atoms with Crippen molar-refractivity contribution in [2.45, 2.75) is 82.5 Å². The Bertz CT molecular complexity index is 2020. The highest BCUT2D eigenvalue weighted by Crippen LogP contribution is 2.60. The van der Waals surface area contributed by atoms with Crippen LogP contribution in [-0.2, 0) is 32.9 Å². The zero-order valence-corrected chi connectivity index (χ0v) is 34.2. The fraction of sp³-hybridized carbons (Fsp3) is 0.422. The van der Waals surface area contributed by atoms with Gasteiger partial charge in [-0.15, -0.1) is 0 Å². The highest BCUT2D eigenvalue weighted by Gasteiger charge is 2.66. The van der Waals surface area contributed by atoms with Gasteiger partial charge in [0.2, 0.25) is 5.91 Å². The minimum Gasteiger partial charge on any atom is -0.497 e. The number of benzene rings is 4. The number of fused-ring (bicyclic) bond motifs is 3. The summed E-state index contributed by atoms with van der Waals surface area (Å²) < 4.78 is 18.3. The van der Waals surface area contributed by atoms with Crippen molar-refractivity contribution in [3.05, 3.63) is 108 Å². The third kappa shape index (κ3) is 7.04. The lowest BCUT2D eigenvalue weighted by Gasteiger charge is -2.37. The lowest BCUT2D eigenvalue weighted by molar-refractivity contribution is -0.146. The van der Waals surface area contributed by atoms with Crippen molar-refractivity contribution in [1.82, 2.24) is 5.32 Å². The number of hydrogen-bond acceptors (Lipinski definition) is 8. The summed E-state index contributed by atoms with van der Waals surface area (Å²) in [5.74, 6) is 1.30. The molecule has 56 heavy (non-hydrogen) atoms. The van der Waals surface area contributed by atoms with Crippen LogP contribution >= 0.6 is 0 Å².